The van der Waals surface area contributed by atoms with Crippen molar-refractivity contribution < 1.29 is 27.4 Å². The van der Waals surface area contributed by atoms with Crippen molar-refractivity contribution in [1.29, 1.82) is 0 Å². The van der Waals surface area contributed by atoms with Crippen molar-refractivity contribution in [2.75, 3.05) is 13.2 Å². The van der Waals surface area contributed by atoms with E-state index < -0.39 is 12.3 Å². The summed E-state index contributed by atoms with van der Waals surface area (Å²) in [5.74, 6) is -0.716. The van der Waals surface area contributed by atoms with Gasteiger partial charge in [-0.2, -0.15) is 5.10 Å². The highest BCUT2D eigenvalue weighted by Gasteiger charge is 2.31. The number of aromatic nitrogens is 3. The van der Waals surface area contributed by atoms with Crippen LogP contribution < -0.4 is 4.74 Å². The lowest BCUT2D eigenvalue weighted by atomic mass is 10.0. The molecule has 0 fully saturated rings. The quantitative estimate of drug-likeness (QED) is 0.497. The number of carbonyl (C=O) groups is 1. The number of rotatable bonds is 7. The van der Waals surface area contributed by atoms with E-state index in [4.69, 9.17) is 4.74 Å². The molecule has 0 amide bonds. The Kier molecular flexibility index (Phi) is 6.64. The summed E-state index contributed by atoms with van der Waals surface area (Å²) in [6.45, 7) is 4.24. The van der Waals surface area contributed by atoms with Crippen molar-refractivity contribution in [2.24, 2.45) is 0 Å². The highest BCUT2D eigenvalue weighted by Crippen LogP contribution is 2.27. The molecule has 0 spiro atoms. The molecule has 174 valence electrons. The molecule has 0 unspecified atom stereocenters. The van der Waals surface area contributed by atoms with E-state index in [0.29, 0.717) is 31.7 Å². The fraction of sp³-hybridized carbons (Fsp3) is 0.348. The molecular formula is C23H23F3N4O3. The Labute approximate surface area is 188 Å². The lowest BCUT2D eigenvalue weighted by Crippen LogP contribution is -2.31. The average molecular weight is 460 g/mol. The molecule has 0 aliphatic carbocycles. The summed E-state index contributed by atoms with van der Waals surface area (Å²) in [6.07, 6.45) is -0.610. The van der Waals surface area contributed by atoms with Crippen LogP contribution in [-0.2, 0) is 30.8 Å². The van der Waals surface area contributed by atoms with Gasteiger partial charge in [-0.3, -0.25) is 14.6 Å². The summed E-state index contributed by atoms with van der Waals surface area (Å²) in [5.41, 5.74) is 3.98. The Balaban J connectivity index is 1.52. The molecule has 33 heavy (non-hydrogen) atoms. The van der Waals surface area contributed by atoms with Gasteiger partial charge in [-0.25, -0.2) is 4.79 Å². The van der Waals surface area contributed by atoms with Crippen molar-refractivity contribution in [3.05, 3.63) is 76.9 Å². The lowest BCUT2D eigenvalue weighted by Gasteiger charge is -2.27. The van der Waals surface area contributed by atoms with Gasteiger partial charge < -0.3 is 9.47 Å². The first-order valence-electron chi connectivity index (χ1n) is 10.5. The molecule has 2 aromatic heterocycles. The maximum atomic E-state index is 12.6. The van der Waals surface area contributed by atoms with Gasteiger partial charge in [0.05, 0.1) is 13.2 Å². The minimum atomic E-state index is -4.72. The van der Waals surface area contributed by atoms with Gasteiger partial charge in [0.25, 0.3) is 0 Å². The minimum absolute atomic E-state index is 0.251. The van der Waals surface area contributed by atoms with Gasteiger partial charge in [-0.15, -0.1) is 13.2 Å². The molecule has 0 bridgehead atoms. The van der Waals surface area contributed by atoms with E-state index in [9.17, 15) is 18.0 Å². The van der Waals surface area contributed by atoms with Crippen LogP contribution in [0.15, 0.2) is 48.8 Å². The van der Waals surface area contributed by atoms with Gasteiger partial charge in [-0.1, -0.05) is 12.1 Å². The van der Waals surface area contributed by atoms with Crippen LogP contribution >= 0.6 is 0 Å². The predicted molar refractivity (Wildman–Crippen MR) is 112 cm³/mol. The fourth-order valence-corrected chi connectivity index (χ4v) is 3.89. The second kappa shape index (κ2) is 9.62. The molecule has 7 nitrogen and oxygen atoms in total. The SMILES string of the molecule is CCOC(=O)c1nn(Cc2ccncc2)c2c1CN(Cc1ccc(OC(F)(F)F)cc1)CC2. The van der Waals surface area contributed by atoms with Crippen LogP contribution in [0.25, 0.3) is 0 Å². The van der Waals surface area contributed by atoms with Crippen LogP contribution in [0.1, 0.15) is 39.8 Å². The number of carbonyl (C=O) groups excluding carboxylic acids is 1. The van der Waals surface area contributed by atoms with Crippen LogP contribution in [0.5, 0.6) is 5.75 Å². The summed E-state index contributed by atoms with van der Waals surface area (Å²) >= 11 is 0. The molecule has 4 rings (SSSR count). The van der Waals surface area contributed by atoms with Gasteiger partial charge in [0, 0.05) is 49.7 Å². The monoisotopic (exact) mass is 460 g/mol. The van der Waals surface area contributed by atoms with E-state index >= 15 is 0 Å². The Morgan fingerprint density at radius 2 is 1.76 bits per heavy atom. The molecule has 0 radical (unpaired) electrons. The summed E-state index contributed by atoms with van der Waals surface area (Å²) in [6, 6.07) is 9.62. The van der Waals surface area contributed by atoms with E-state index in [1.165, 1.54) is 12.1 Å². The van der Waals surface area contributed by atoms with Gasteiger partial charge >= 0.3 is 12.3 Å². The van der Waals surface area contributed by atoms with E-state index in [-0.39, 0.29) is 12.4 Å². The highest BCUT2D eigenvalue weighted by molar-refractivity contribution is 5.89. The molecule has 0 atom stereocenters. The molecule has 3 heterocycles. The third kappa shape index (κ3) is 5.70. The van der Waals surface area contributed by atoms with E-state index in [2.05, 4.69) is 19.7 Å². The molecule has 0 saturated heterocycles. The highest BCUT2D eigenvalue weighted by atomic mass is 19.4. The van der Waals surface area contributed by atoms with Gasteiger partial charge in [0.1, 0.15) is 5.75 Å². The Morgan fingerprint density at radius 3 is 2.42 bits per heavy atom. The minimum Gasteiger partial charge on any atom is -0.461 e. The molecule has 3 aromatic rings. The second-order valence-corrected chi connectivity index (χ2v) is 7.66. The van der Waals surface area contributed by atoms with Crippen LogP contribution in [0.4, 0.5) is 13.2 Å². The maximum Gasteiger partial charge on any atom is 0.573 e. The zero-order valence-corrected chi connectivity index (χ0v) is 18.0. The van der Waals surface area contributed by atoms with Gasteiger partial charge in [0.15, 0.2) is 5.69 Å². The number of pyridine rings is 1. The number of fused-ring (bicyclic) bond motifs is 1. The molecule has 1 aliphatic heterocycles. The Bertz CT molecular complexity index is 1100. The van der Waals surface area contributed by atoms with Crippen LogP contribution in [0, 0.1) is 0 Å². The number of hydrogen-bond acceptors (Lipinski definition) is 6. The largest absolute Gasteiger partial charge is 0.573 e. The molecule has 0 N–H and O–H groups in total. The number of esters is 1. The Morgan fingerprint density at radius 1 is 1.06 bits per heavy atom. The third-order valence-corrected chi connectivity index (χ3v) is 5.33. The number of alkyl halides is 3. The number of halogens is 3. The van der Waals surface area contributed by atoms with Crippen LogP contribution in [0.3, 0.4) is 0 Å². The second-order valence-electron chi connectivity index (χ2n) is 7.66. The topological polar surface area (TPSA) is 69.5 Å². The van der Waals surface area contributed by atoms with E-state index in [1.54, 1.807) is 31.5 Å². The number of nitrogens with zero attached hydrogens (tertiary/aromatic N) is 4. The first kappa shape index (κ1) is 22.8. The van der Waals surface area contributed by atoms with Gasteiger partial charge in [0.2, 0.25) is 0 Å². The zero-order valence-electron chi connectivity index (χ0n) is 18.0. The number of ether oxygens (including phenoxy) is 2. The lowest BCUT2D eigenvalue weighted by molar-refractivity contribution is -0.274. The van der Waals surface area contributed by atoms with Crippen molar-refractivity contribution in [1.82, 2.24) is 19.7 Å². The fourth-order valence-electron chi connectivity index (χ4n) is 3.89. The molecule has 1 aliphatic rings. The number of benzene rings is 1. The first-order valence-corrected chi connectivity index (χ1v) is 10.5. The zero-order chi connectivity index (χ0) is 23.4. The average Bonchev–Trinajstić information content (AvgIpc) is 3.13. The molecule has 1 aromatic carbocycles. The summed E-state index contributed by atoms with van der Waals surface area (Å²) < 4.78 is 48.1. The standard InChI is InChI=1S/C23H23F3N4O3/c1-2-32-22(31)21-19-15-29(13-16-3-5-18(6-4-16)33-23(24,25)26)12-9-20(19)30(28-21)14-17-7-10-27-11-8-17/h3-8,10-11H,2,9,12-15H2,1H3. The van der Waals surface area contributed by atoms with E-state index in [1.807, 2.05) is 16.8 Å². The predicted octanol–water partition coefficient (Wildman–Crippen LogP) is 3.96. The van der Waals surface area contributed by atoms with Crippen molar-refractivity contribution >= 4 is 5.97 Å². The van der Waals surface area contributed by atoms with Crippen molar-refractivity contribution in [3.8, 4) is 5.75 Å². The Hall–Kier alpha value is -3.40. The smallest absolute Gasteiger partial charge is 0.461 e. The molecule has 0 saturated carbocycles. The van der Waals surface area contributed by atoms with Gasteiger partial charge in [-0.05, 0) is 42.3 Å². The normalized spacial score (nSPS) is 14.1. The summed E-state index contributed by atoms with van der Waals surface area (Å²) in [5, 5.41) is 4.56. The van der Waals surface area contributed by atoms with Crippen LogP contribution in [0.2, 0.25) is 0 Å². The number of hydrogen-bond donors (Lipinski definition) is 0. The summed E-state index contributed by atoms with van der Waals surface area (Å²) in [4.78, 5) is 18.7. The van der Waals surface area contributed by atoms with Crippen LogP contribution in [-0.4, -0.2) is 45.1 Å². The summed E-state index contributed by atoms with van der Waals surface area (Å²) in [7, 11) is 0. The maximum absolute atomic E-state index is 12.6. The van der Waals surface area contributed by atoms with E-state index in [0.717, 1.165) is 28.9 Å². The van der Waals surface area contributed by atoms with Crippen molar-refractivity contribution in [3.63, 3.8) is 0 Å². The molecular weight excluding hydrogens is 437 g/mol. The van der Waals surface area contributed by atoms with Crippen molar-refractivity contribution in [2.45, 2.75) is 39.3 Å². The third-order valence-electron chi connectivity index (χ3n) is 5.33. The molecule has 10 heteroatoms. The first-order chi connectivity index (χ1) is 15.8.